The van der Waals surface area contributed by atoms with Gasteiger partial charge < -0.3 is 9.73 Å². The number of benzene rings is 1. The van der Waals surface area contributed by atoms with Crippen LogP contribution in [-0.4, -0.2) is 6.54 Å². The van der Waals surface area contributed by atoms with Crippen molar-refractivity contribution in [3.8, 4) is 0 Å². The quantitative estimate of drug-likeness (QED) is 0.594. The van der Waals surface area contributed by atoms with Crippen molar-refractivity contribution >= 4 is 45.8 Å². The van der Waals surface area contributed by atoms with Crippen molar-refractivity contribution in [2.75, 3.05) is 6.54 Å². The number of halogens is 3. The summed E-state index contributed by atoms with van der Waals surface area (Å²) in [7, 11) is 0. The SMILES string of the molecule is Clc1ccc(CCNCc2ccc(I)o2)c(Cl)c1. The maximum absolute atomic E-state index is 6.10. The molecule has 0 aliphatic carbocycles. The van der Waals surface area contributed by atoms with Gasteiger partial charge in [-0.25, -0.2) is 0 Å². The van der Waals surface area contributed by atoms with Crippen LogP contribution in [0.5, 0.6) is 0 Å². The zero-order valence-corrected chi connectivity index (χ0v) is 13.2. The maximum atomic E-state index is 6.10. The summed E-state index contributed by atoms with van der Waals surface area (Å²) < 4.78 is 6.36. The third-order valence-electron chi connectivity index (χ3n) is 2.51. The van der Waals surface area contributed by atoms with Gasteiger partial charge in [0.05, 0.1) is 6.54 Å². The van der Waals surface area contributed by atoms with Gasteiger partial charge in [0.25, 0.3) is 0 Å². The first-order valence-electron chi connectivity index (χ1n) is 5.54. The first-order chi connectivity index (χ1) is 8.65. The molecule has 96 valence electrons. The fourth-order valence-corrected chi connectivity index (χ4v) is 2.57. The zero-order valence-electron chi connectivity index (χ0n) is 9.55. The molecule has 1 aromatic carbocycles. The Bertz CT molecular complexity index is 527. The second-order valence-corrected chi connectivity index (χ2v) is 5.78. The summed E-state index contributed by atoms with van der Waals surface area (Å²) in [5.41, 5.74) is 1.10. The molecule has 0 atom stereocenters. The first-order valence-corrected chi connectivity index (χ1v) is 7.37. The van der Waals surface area contributed by atoms with Crippen molar-refractivity contribution in [1.82, 2.24) is 5.32 Å². The Kier molecular flexibility index (Phi) is 5.36. The van der Waals surface area contributed by atoms with E-state index < -0.39 is 0 Å². The normalized spacial score (nSPS) is 10.8. The molecule has 0 aliphatic heterocycles. The van der Waals surface area contributed by atoms with Gasteiger partial charge in [-0.2, -0.15) is 0 Å². The van der Waals surface area contributed by atoms with Gasteiger partial charge >= 0.3 is 0 Å². The Morgan fingerprint density at radius 2 is 2.00 bits per heavy atom. The molecule has 0 unspecified atom stereocenters. The minimum Gasteiger partial charge on any atom is -0.454 e. The molecule has 2 aromatic rings. The molecule has 1 N–H and O–H groups in total. The Morgan fingerprint density at radius 1 is 1.17 bits per heavy atom. The van der Waals surface area contributed by atoms with Gasteiger partial charge in [0, 0.05) is 10.0 Å². The summed E-state index contributed by atoms with van der Waals surface area (Å²) in [6.45, 7) is 1.58. The Morgan fingerprint density at radius 3 is 2.67 bits per heavy atom. The van der Waals surface area contributed by atoms with Crippen LogP contribution in [0.4, 0.5) is 0 Å². The fraction of sp³-hybridized carbons (Fsp3) is 0.231. The van der Waals surface area contributed by atoms with Crippen molar-refractivity contribution in [3.63, 3.8) is 0 Å². The average molecular weight is 396 g/mol. The molecular formula is C13H12Cl2INO. The monoisotopic (exact) mass is 395 g/mol. The summed E-state index contributed by atoms with van der Waals surface area (Å²) in [5.74, 6) is 0.946. The summed E-state index contributed by atoms with van der Waals surface area (Å²) >= 11 is 14.1. The first kappa shape index (κ1) is 14.2. The highest BCUT2D eigenvalue weighted by molar-refractivity contribution is 14.1. The van der Waals surface area contributed by atoms with E-state index in [1.807, 2.05) is 24.3 Å². The molecule has 0 spiro atoms. The van der Waals surface area contributed by atoms with E-state index in [1.54, 1.807) is 6.07 Å². The lowest BCUT2D eigenvalue weighted by Crippen LogP contribution is -2.16. The van der Waals surface area contributed by atoms with Crippen LogP contribution in [0.2, 0.25) is 10.0 Å². The van der Waals surface area contributed by atoms with E-state index >= 15 is 0 Å². The summed E-state index contributed by atoms with van der Waals surface area (Å²) in [6, 6.07) is 9.52. The number of hydrogen-bond acceptors (Lipinski definition) is 2. The topological polar surface area (TPSA) is 25.2 Å². The van der Waals surface area contributed by atoms with Crippen LogP contribution in [0, 0.1) is 3.77 Å². The molecule has 2 rings (SSSR count). The zero-order chi connectivity index (χ0) is 13.0. The lowest BCUT2D eigenvalue weighted by molar-refractivity contribution is 0.464. The molecule has 0 saturated carbocycles. The molecule has 0 aliphatic rings. The fourth-order valence-electron chi connectivity index (χ4n) is 1.61. The molecule has 18 heavy (non-hydrogen) atoms. The van der Waals surface area contributed by atoms with Gasteiger partial charge in [0.1, 0.15) is 5.76 Å². The van der Waals surface area contributed by atoms with Gasteiger partial charge in [0.15, 0.2) is 3.77 Å². The Hall–Kier alpha value is -0.230. The summed E-state index contributed by atoms with van der Waals surface area (Å²) in [6.07, 6.45) is 0.869. The van der Waals surface area contributed by atoms with Crippen LogP contribution in [0.25, 0.3) is 0 Å². The van der Waals surface area contributed by atoms with E-state index in [4.69, 9.17) is 27.6 Å². The Balaban J connectivity index is 1.78. The van der Waals surface area contributed by atoms with Gasteiger partial charge in [-0.15, -0.1) is 0 Å². The van der Waals surface area contributed by atoms with Crippen molar-refractivity contribution in [1.29, 1.82) is 0 Å². The molecule has 0 fully saturated rings. The van der Waals surface area contributed by atoms with Crippen LogP contribution in [0.1, 0.15) is 11.3 Å². The van der Waals surface area contributed by atoms with E-state index in [2.05, 4.69) is 27.9 Å². The van der Waals surface area contributed by atoms with E-state index in [-0.39, 0.29) is 0 Å². The smallest absolute Gasteiger partial charge is 0.164 e. The lowest BCUT2D eigenvalue weighted by atomic mass is 10.1. The molecule has 0 radical (unpaired) electrons. The standard InChI is InChI=1S/C13H12Cl2INO/c14-10-2-1-9(12(15)7-10)5-6-17-8-11-3-4-13(16)18-11/h1-4,7,17H,5-6,8H2. The average Bonchev–Trinajstić information content (AvgIpc) is 2.73. The molecule has 1 heterocycles. The van der Waals surface area contributed by atoms with E-state index in [0.29, 0.717) is 5.02 Å². The number of hydrogen-bond donors (Lipinski definition) is 1. The van der Waals surface area contributed by atoms with Gasteiger partial charge in [-0.3, -0.25) is 0 Å². The van der Waals surface area contributed by atoms with Crippen molar-refractivity contribution < 1.29 is 4.42 Å². The maximum Gasteiger partial charge on any atom is 0.164 e. The van der Waals surface area contributed by atoms with Crippen molar-refractivity contribution in [2.45, 2.75) is 13.0 Å². The third-order valence-corrected chi connectivity index (χ3v) is 3.68. The lowest BCUT2D eigenvalue weighted by Gasteiger charge is -2.05. The largest absolute Gasteiger partial charge is 0.454 e. The van der Waals surface area contributed by atoms with Crippen LogP contribution >= 0.6 is 45.8 Å². The highest BCUT2D eigenvalue weighted by Crippen LogP contribution is 2.21. The number of furan rings is 1. The highest BCUT2D eigenvalue weighted by atomic mass is 127. The molecule has 5 heteroatoms. The molecule has 2 nitrogen and oxygen atoms in total. The predicted molar refractivity (Wildman–Crippen MR) is 83.3 cm³/mol. The molecule has 0 bridgehead atoms. The highest BCUT2D eigenvalue weighted by Gasteiger charge is 2.02. The minimum atomic E-state index is 0.668. The predicted octanol–water partition coefficient (Wildman–Crippen LogP) is 4.52. The molecule has 0 saturated heterocycles. The second kappa shape index (κ2) is 6.80. The van der Waals surface area contributed by atoms with Crippen LogP contribution in [-0.2, 0) is 13.0 Å². The Labute approximate surface area is 130 Å². The summed E-state index contributed by atoms with van der Waals surface area (Å²) in [5, 5.41) is 4.70. The van der Waals surface area contributed by atoms with E-state index in [0.717, 1.165) is 39.6 Å². The van der Waals surface area contributed by atoms with Crippen LogP contribution in [0.15, 0.2) is 34.7 Å². The van der Waals surface area contributed by atoms with E-state index in [9.17, 15) is 0 Å². The third kappa shape index (κ3) is 4.16. The molecule has 0 amide bonds. The van der Waals surface area contributed by atoms with Crippen LogP contribution in [0.3, 0.4) is 0 Å². The van der Waals surface area contributed by atoms with Gasteiger partial charge in [-0.05, 0) is 65.4 Å². The molecular weight excluding hydrogens is 384 g/mol. The minimum absolute atomic E-state index is 0.668. The van der Waals surface area contributed by atoms with Crippen molar-refractivity contribution in [3.05, 3.63) is 55.5 Å². The van der Waals surface area contributed by atoms with Gasteiger partial charge in [0.2, 0.25) is 0 Å². The van der Waals surface area contributed by atoms with Crippen LogP contribution < -0.4 is 5.32 Å². The summed E-state index contributed by atoms with van der Waals surface area (Å²) in [4.78, 5) is 0. The van der Waals surface area contributed by atoms with Gasteiger partial charge in [-0.1, -0.05) is 29.3 Å². The number of nitrogens with one attached hydrogen (secondary N) is 1. The second-order valence-electron chi connectivity index (χ2n) is 3.87. The van der Waals surface area contributed by atoms with Crippen molar-refractivity contribution in [2.24, 2.45) is 0 Å². The number of rotatable bonds is 5. The molecule has 1 aromatic heterocycles. The van der Waals surface area contributed by atoms with E-state index in [1.165, 1.54) is 0 Å².